The minimum absolute atomic E-state index is 0.0798. The molecule has 32 heavy (non-hydrogen) atoms. The van der Waals surface area contributed by atoms with Crippen LogP contribution >= 0.6 is 31.9 Å². The van der Waals surface area contributed by atoms with Crippen LogP contribution in [0.4, 0.5) is 4.39 Å². The van der Waals surface area contributed by atoms with Crippen molar-refractivity contribution in [1.82, 2.24) is 0 Å². The van der Waals surface area contributed by atoms with Crippen LogP contribution in [0.1, 0.15) is 47.0 Å². The van der Waals surface area contributed by atoms with Gasteiger partial charge in [-0.15, -0.1) is 0 Å². The SMILES string of the molecule is CC(=O)OCC(=O)[C@@]1(Br)C(C)C[C@H]2[C@@H]3C(Br)CC4=CC(=O)C=C[C@]4(C)[C@@]3(F)C(O)C[C@@]21C. The summed E-state index contributed by atoms with van der Waals surface area (Å²) in [7, 11) is 0. The van der Waals surface area contributed by atoms with Crippen LogP contribution in [-0.2, 0) is 19.1 Å². The Kier molecular flexibility index (Phi) is 5.74. The molecule has 0 aromatic heterocycles. The first-order valence-electron chi connectivity index (χ1n) is 11.0. The van der Waals surface area contributed by atoms with Crippen molar-refractivity contribution in [3.8, 4) is 0 Å². The predicted molar refractivity (Wildman–Crippen MR) is 124 cm³/mol. The topological polar surface area (TPSA) is 80.7 Å². The molecule has 0 amide bonds. The molecule has 3 unspecified atom stereocenters. The molecule has 176 valence electrons. The number of hydrogen-bond donors (Lipinski definition) is 1. The second kappa shape index (κ2) is 7.57. The average molecular weight is 576 g/mol. The summed E-state index contributed by atoms with van der Waals surface area (Å²) in [5.41, 5.74) is -3.15. The van der Waals surface area contributed by atoms with E-state index in [1.165, 1.54) is 19.1 Å². The van der Waals surface area contributed by atoms with Crippen LogP contribution in [0.25, 0.3) is 0 Å². The predicted octanol–water partition coefficient (Wildman–Crippen LogP) is 4.24. The lowest BCUT2D eigenvalue weighted by Crippen LogP contribution is -2.70. The molecule has 5 nitrogen and oxygen atoms in total. The number of carbonyl (C=O) groups excluding carboxylic acids is 3. The lowest BCUT2D eigenvalue weighted by Gasteiger charge is -2.64. The van der Waals surface area contributed by atoms with Gasteiger partial charge in [0.05, 0.1) is 10.4 Å². The Morgan fingerprint density at radius 2 is 2.00 bits per heavy atom. The van der Waals surface area contributed by atoms with Crippen molar-refractivity contribution in [3.05, 3.63) is 23.8 Å². The summed E-state index contributed by atoms with van der Waals surface area (Å²) in [6.07, 6.45) is 4.34. The van der Waals surface area contributed by atoms with Gasteiger partial charge in [-0.1, -0.05) is 57.4 Å². The highest BCUT2D eigenvalue weighted by molar-refractivity contribution is 9.10. The lowest BCUT2D eigenvalue weighted by atomic mass is 9.45. The van der Waals surface area contributed by atoms with Gasteiger partial charge in [0, 0.05) is 23.1 Å². The summed E-state index contributed by atoms with van der Waals surface area (Å²) in [5, 5.41) is 11.4. The molecule has 1 N–H and O–H groups in total. The Morgan fingerprint density at radius 1 is 1.34 bits per heavy atom. The van der Waals surface area contributed by atoms with Crippen molar-refractivity contribution in [2.45, 2.75) is 67.9 Å². The lowest BCUT2D eigenvalue weighted by molar-refractivity contribution is -0.190. The van der Waals surface area contributed by atoms with Gasteiger partial charge < -0.3 is 9.84 Å². The van der Waals surface area contributed by atoms with E-state index in [0.717, 1.165) is 0 Å². The van der Waals surface area contributed by atoms with Gasteiger partial charge in [0.25, 0.3) is 0 Å². The Balaban J connectivity index is 1.80. The fourth-order valence-electron chi connectivity index (χ4n) is 7.32. The summed E-state index contributed by atoms with van der Waals surface area (Å²) in [6, 6.07) is 0. The van der Waals surface area contributed by atoms with Crippen LogP contribution in [0.2, 0.25) is 0 Å². The smallest absolute Gasteiger partial charge is 0.303 e. The molecule has 0 aliphatic heterocycles. The van der Waals surface area contributed by atoms with Crippen molar-refractivity contribution in [2.24, 2.45) is 28.6 Å². The van der Waals surface area contributed by atoms with E-state index < -0.39 is 38.8 Å². The highest BCUT2D eigenvalue weighted by Crippen LogP contribution is 2.73. The fraction of sp³-hybridized carbons (Fsp3) is 0.708. The molecule has 0 saturated heterocycles. The van der Waals surface area contributed by atoms with Gasteiger partial charge in [0.1, 0.15) is 0 Å². The van der Waals surface area contributed by atoms with E-state index in [4.69, 9.17) is 4.74 Å². The maximum atomic E-state index is 17.3. The molecule has 0 heterocycles. The third-order valence-electron chi connectivity index (χ3n) is 8.93. The van der Waals surface area contributed by atoms with Crippen LogP contribution in [0, 0.1) is 28.6 Å². The van der Waals surface area contributed by atoms with Crippen molar-refractivity contribution in [1.29, 1.82) is 0 Å². The summed E-state index contributed by atoms with van der Waals surface area (Å²) < 4.78 is 21.3. The minimum atomic E-state index is -2.00. The number of fused-ring (bicyclic) bond motifs is 5. The Labute approximate surface area is 204 Å². The second-order valence-electron chi connectivity index (χ2n) is 10.4. The number of carbonyl (C=O) groups is 3. The normalized spacial score (nSPS) is 49.6. The van der Waals surface area contributed by atoms with Gasteiger partial charge in [0.15, 0.2) is 23.8 Å². The first-order valence-corrected chi connectivity index (χ1v) is 12.7. The van der Waals surface area contributed by atoms with E-state index >= 15 is 4.39 Å². The third-order valence-corrected chi connectivity index (χ3v) is 12.0. The largest absolute Gasteiger partial charge is 0.458 e. The maximum Gasteiger partial charge on any atom is 0.303 e. The van der Waals surface area contributed by atoms with Crippen LogP contribution in [0.15, 0.2) is 23.8 Å². The first kappa shape index (κ1) is 24.3. The van der Waals surface area contributed by atoms with E-state index in [9.17, 15) is 19.5 Å². The van der Waals surface area contributed by atoms with Crippen molar-refractivity contribution >= 4 is 49.4 Å². The molecule has 0 aromatic carbocycles. The minimum Gasteiger partial charge on any atom is -0.458 e. The van der Waals surface area contributed by atoms with Crippen LogP contribution in [0.3, 0.4) is 0 Å². The van der Waals surface area contributed by atoms with E-state index in [1.54, 1.807) is 13.0 Å². The molecule has 4 rings (SSSR count). The molecule has 0 spiro atoms. The quantitative estimate of drug-likeness (QED) is 0.402. The van der Waals surface area contributed by atoms with Crippen LogP contribution < -0.4 is 0 Å². The van der Waals surface area contributed by atoms with Crippen LogP contribution in [-0.4, -0.2) is 50.2 Å². The molecule has 9 atom stereocenters. The van der Waals surface area contributed by atoms with E-state index in [2.05, 4.69) is 31.9 Å². The number of alkyl halides is 3. The number of aliphatic hydroxyl groups excluding tert-OH is 1. The molecular weight excluding hydrogens is 547 g/mol. The molecule has 0 bridgehead atoms. The van der Waals surface area contributed by atoms with E-state index in [0.29, 0.717) is 18.4 Å². The molecule has 3 fully saturated rings. The highest BCUT2D eigenvalue weighted by atomic mass is 79.9. The highest BCUT2D eigenvalue weighted by Gasteiger charge is 2.76. The Morgan fingerprint density at radius 3 is 2.62 bits per heavy atom. The summed E-state index contributed by atoms with van der Waals surface area (Å²) >= 11 is 7.44. The molecule has 4 aliphatic carbocycles. The zero-order valence-electron chi connectivity index (χ0n) is 18.7. The van der Waals surface area contributed by atoms with Gasteiger partial charge in [-0.2, -0.15) is 0 Å². The van der Waals surface area contributed by atoms with Gasteiger partial charge in [-0.3, -0.25) is 14.4 Å². The fourth-order valence-corrected chi connectivity index (χ4v) is 9.18. The van der Waals surface area contributed by atoms with Crippen LogP contribution in [0.5, 0.6) is 0 Å². The molecule has 0 aromatic rings. The van der Waals surface area contributed by atoms with Crippen molar-refractivity contribution in [3.63, 3.8) is 0 Å². The second-order valence-corrected chi connectivity index (χ2v) is 12.8. The number of aliphatic hydroxyl groups is 1. The number of Topliss-reactive ketones (excluding diaryl/α,β-unsaturated/α-hetero) is 1. The number of halogens is 3. The van der Waals surface area contributed by atoms with Gasteiger partial charge in [-0.05, 0) is 55.6 Å². The van der Waals surface area contributed by atoms with E-state index in [1.807, 2.05) is 13.8 Å². The number of hydrogen-bond acceptors (Lipinski definition) is 5. The Hall–Kier alpha value is -0.860. The average Bonchev–Trinajstić information content (AvgIpc) is 2.89. The third kappa shape index (κ3) is 2.90. The summed E-state index contributed by atoms with van der Waals surface area (Å²) in [4.78, 5) is 36.4. The zero-order chi connectivity index (χ0) is 23.9. The Bertz CT molecular complexity index is 949. The number of esters is 1. The van der Waals surface area contributed by atoms with Crippen molar-refractivity contribution < 1.29 is 28.6 Å². The maximum absolute atomic E-state index is 17.3. The van der Waals surface area contributed by atoms with Gasteiger partial charge in [-0.25, -0.2) is 4.39 Å². The molecule has 0 radical (unpaired) electrons. The first-order chi connectivity index (χ1) is 14.7. The molecule has 8 heteroatoms. The summed E-state index contributed by atoms with van der Waals surface area (Å²) in [6.45, 7) is 6.56. The number of ether oxygens (including phenoxy) is 1. The summed E-state index contributed by atoms with van der Waals surface area (Å²) in [5.74, 6) is -1.89. The number of rotatable bonds is 3. The number of allylic oxidation sites excluding steroid dienone is 4. The monoisotopic (exact) mass is 574 g/mol. The molecule has 4 aliphatic rings. The van der Waals surface area contributed by atoms with Gasteiger partial charge in [0.2, 0.25) is 0 Å². The van der Waals surface area contributed by atoms with Crippen molar-refractivity contribution in [2.75, 3.05) is 6.61 Å². The number of ketones is 2. The zero-order valence-corrected chi connectivity index (χ0v) is 21.8. The standard InChI is InChI=1S/C24H29Br2FO5/c1-12-7-16-20-17(25)9-14-8-15(29)5-6-21(14,3)24(20,27)18(30)10-22(16,4)23(12,26)19(31)11-32-13(2)28/h5-6,8,12,16-18,20,30H,7,9-11H2,1-4H3/t12?,16-,17?,18?,20+,21-,22-,23-,24+/m0/s1. The molecular formula is C24H29Br2FO5. The van der Waals surface area contributed by atoms with E-state index in [-0.39, 0.29) is 41.3 Å². The molecule has 3 saturated carbocycles. The van der Waals surface area contributed by atoms with Gasteiger partial charge >= 0.3 is 5.97 Å².